The Balaban J connectivity index is 0.00000127. The van der Waals surface area contributed by atoms with Crippen LogP contribution in [0.5, 0.6) is 0 Å². The normalized spacial score (nSPS) is 41.0. The molecule has 38 heavy (non-hydrogen) atoms. The van der Waals surface area contributed by atoms with Crippen molar-refractivity contribution in [2.45, 2.75) is 99.2 Å². The largest absolute Gasteiger partial charge is 0.483 e. The molecule has 4 aliphatic heterocycles. The first-order valence-electron chi connectivity index (χ1n) is 13.4. The van der Waals surface area contributed by atoms with E-state index in [2.05, 4.69) is 30.4 Å². The number of aliphatic hydroxyl groups excluding tert-OH is 3. The molecule has 3 fully saturated rings. The number of amides is 1. The summed E-state index contributed by atoms with van der Waals surface area (Å²) in [5.41, 5.74) is -0.803. The average Bonchev–Trinajstić information content (AvgIpc) is 3.17. The Morgan fingerprint density at radius 3 is 2.61 bits per heavy atom. The third-order valence-corrected chi connectivity index (χ3v) is 8.99. The Hall–Kier alpha value is -1.65. The molecule has 0 saturated carbocycles. The van der Waals surface area contributed by atoms with Gasteiger partial charge in [-0.2, -0.15) is 0 Å². The molecule has 4 aliphatic rings. The number of aliphatic hydroxyl groups is 3. The molecule has 2 bridgehead atoms. The fourth-order valence-electron chi connectivity index (χ4n) is 5.93. The van der Waals surface area contributed by atoms with Crippen LogP contribution < -0.4 is 10.6 Å². The van der Waals surface area contributed by atoms with Gasteiger partial charge in [0.15, 0.2) is 0 Å². The third-order valence-electron chi connectivity index (χ3n) is 7.67. The number of rotatable bonds is 4. The van der Waals surface area contributed by atoms with E-state index in [1.165, 1.54) is 18.2 Å². The maximum absolute atomic E-state index is 13.4. The SMILES string of the molecule is C#C[C@@H]1CC=CC[C@@H](NC(=O)[C@H]2NC[C@@H]3C[C@H](CC(C)C)CCO[C@H]32)[C@H]2O[C@H](S1)[C@H](O)[C@@H](O)[C@H]2O.O=CO. The number of carbonyl (C=O) groups is 2. The van der Waals surface area contributed by atoms with E-state index in [0.717, 1.165) is 19.4 Å². The van der Waals surface area contributed by atoms with Gasteiger partial charge in [0.2, 0.25) is 5.91 Å². The molecule has 0 unspecified atom stereocenters. The molecule has 6 N–H and O–H groups in total. The topological polar surface area (TPSA) is 158 Å². The Bertz CT molecular complexity index is 851. The van der Waals surface area contributed by atoms with Gasteiger partial charge >= 0.3 is 0 Å². The number of terminal acetylenes is 1. The van der Waals surface area contributed by atoms with Crippen molar-refractivity contribution in [1.29, 1.82) is 0 Å². The molecule has 0 spiro atoms. The smallest absolute Gasteiger partial charge is 0.290 e. The molecule has 0 aromatic rings. The molecule has 1 amide bonds. The van der Waals surface area contributed by atoms with Crippen molar-refractivity contribution in [3.63, 3.8) is 0 Å². The number of thioether (sulfide) groups is 1. The van der Waals surface area contributed by atoms with Gasteiger partial charge in [-0.15, -0.1) is 18.2 Å². The summed E-state index contributed by atoms with van der Waals surface area (Å²) in [5, 5.41) is 44.8. The van der Waals surface area contributed by atoms with Gasteiger partial charge in [0, 0.05) is 13.2 Å². The van der Waals surface area contributed by atoms with Crippen LogP contribution in [0.25, 0.3) is 0 Å². The first-order valence-corrected chi connectivity index (χ1v) is 14.3. The lowest BCUT2D eigenvalue weighted by Crippen LogP contribution is -2.64. The van der Waals surface area contributed by atoms with E-state index in [9.17, 15) is 20.1 Å². The van der Waals surface area contributed by atoms with Gasteiger partial charge in [-0.25, -0.2) is 0 Å². The Labute approximate surface area is 228 Å². The van der Waals surface area contributed by atoms with Gasteiger partial charge in [-0.3, -0.25) is 9.59 Å². The maximum atomic E-state index is 13.4. The van der Waals surface area contributed by atoms with E-state index < -0.39 is 41.9 Å². The van der Waals surface area contributed by atoms with Crippen LogP contribution in [0.2, 0.25) is 0 Å². The molecule has 11 heteroatoms. The highest BCUT2D eigenvalue weighted by Crippen LogP contribution is 2.36. The summed E-state index contributed by atoms with van der Waals surface area (Å²) in [6.45, 7) is 5.63. The lowest BCUT2D eigenvalue weighted by molar-refractivity contribution is -0.205. The van der Waals surface area contributed by atoms with E-state index in [0.29, 0.717) is 31.3 Å². The second kappa shape index (κ2) is 14.7. The zero-order valence-electron chi connectivity index (χ0n) is 22.0. The average molecular weight is 555 g/mol. The summed E-state index contributed by atoms with van der Waals surface area (Å²) < 4.78 is 12.2. The lowest BCUT2D eigenvalue weighted by atomic mass is 9.85. The summed E-state index contributed by atoms with van der Waals surface area (Å²) in [5.74, 6) is 4.02. The van der Waals surface area contributed by atoms with Gasteiger partial charge in [-0.1, -0.05) is 31.9 Å². The predicted molar refractivity (Wildman–Crippen MR) is 143 cm³/mol. The quantitative estimate of drug-likeness (QED) is 0.164. The van der Waals surface area contributed by atoms with Gasteiger partial charge in [0.1, 0.15) is 35.9 Å². The number of allylic oxidation sites excluding steroid dienone is 1. The molecule has 4 heterocycles. The molecule has 4 rings (SSSR count). The van der Waals surface area contributed by atoms with Gasteiger partial charge < -0.3 is 40.5 Å². The molecular weight excluding hydrogens is 512 g/mol. The number of fused-ring (bicyclic) bond motifs is 3. The summed E-state index contributed by atoms with van der Waals surface area (Å²) in [6.07, 6.45) is 8.63. The molecule has 0 aliphatic carbocycles. The highest BCUT2D eigenvalue weighted by atomic mass is 32.2. The van der Waals surface area contributed by atoms with Crippen LogP contribution in [0.3, 0.4) is 0 Å². The number of nitrogens with one attached hydrogen (secondary N) is 2. The Morgan fingerprint density at radius 2 is 1.92 bits per heavy atom. The molecular formula is C27H42N2O8S. The van der Waals surface area contributed by atoms with E-state index in [1.807, 2.05) is 12.2 Å². The van der Waals surface area contributed by atoms with E-state index >= 15 is 0 Å². The monoisotopic (exact) mass is 554 g/mol. The van der Waals surface area contributed by atoms with Crippen molar-refractivity contribution >= 4 is 24.1 Å². The van der Waals surface area contributed by atoms with Crippen molar-refractivity contribution in [3.05, 3.63) is 12.2 Å². The van der Waals surface area contributed by atoms with Crippen molar-refractivity contribution in [2.24, 2.45) is 17.8 Å². The Kier molecular flexibility index (Phi) is 11.9. The molecule has 10 nitrogen and oxygen atoms in total. The minimum absolute atomic E-state index is 0.188. The van der Waals surface area contributed by atoms with Gasteiger partial charge in [0.25, 0.3) is 6.47 Å². The third kappa shape index (κ3) is 7.72. The summed E-state index contributed by atoms with van der Waals surface area (Å²) in [4.78, 5) is 21.8. The summed E-state index contributed by atoms with van der Waals surface area (Å²) in [6, 6.07) is -1.06. The van der Waals surface area contributed by atoms with Crippen molar-refractivity contribution in [1.82, 2.24) is 10.6 Å². The Morgan fingerprint density at radius 1 is 1.21 bits per heavy atom. The van der Waals surface area contributed by atoms with Crippen LogP contribution >= 0.6 is 11.8 Å². The van der Waals surface area contributed by atoms with Crippen molar-refractivity contribution in [2.75, 3.05) is 13.2 Å². The van der Waals surface area contributed by atoms with Crippen molar-refractivity contribution < 1.29 is 39.5 Å². The predicted octanol–water partition coefficient (Wildman–Crippen LogP) is 0.494. The standard InChI is InChI=1S/C26H40N2O6S.CH2O2/c1-4-17-7-5-6-8-18(24-21(30)20(29)22(31)26(34-24)35-17)28-25(32)19-23-16(13-27-19)12-15(9-10-33-23)11-14(2)3;2-1-3/h1,5-6,14-24,26-27,29-31H,7-13H2,2-3H3,(H,28,32);1H,(H,2,3)/t15-,16-,17+,18+,19-,20-,21+,22+,23+,24+,26+;/m0./s1. The minimum Gasteiger partial charge on any atom is -0.483 e. The molecule has 3 saturated heterocycles. The number of carbonyl (C=O) groups excluding carboxylic acids is 1. The first-order chi connectivity index (χ1) is 18.2. The molecule has 214 valence electrons. The zero-order chi connectivity index (χ0) is 27.8. The van der Waals surface area contributed by atoms with Crippen LogP contribution in [0, 0.1) is 30.1 Å². The number of ether oxygens (including phenoxy) is 2. The zero-order valence-corrected chi connectivity index (χ0v) is 22.8. The number of hydrogen-bond acceptors (Lipinski definition) is 9. The first kappa shape index (κ1) is 30.9. The summed E-state index contributed by atoms with van der Waals surface area (Å²) >= 11 is 1.25. The number of hydrogen-bond donors (Lipinski definition) is 6. The minimum atomic E-state index is -1.40. The molecule has 11 atom stereocenters. The lowest BCUT2D eigenvalue weighted by Gasteiger charge is -2.44. The van der Waals surface area contributed by atoms with Crippen LogP contribution in [0.4, 0.5) is 0 Å². The van der Waals surface area contributed by atoms with E-state index in [-0.39, 0.29) is 29.7 Å². The van der Waals surface area contributed by atoms with Crippen molar-refractivity contribution in [3.8, 4) is 12.3 Å². The van der Waals surface area contributed by atoms with E-state index in [1.54, 1.807) is 0 Å². The molecule has 0 radical (unpaired) electrons. The van der Waals surface area contributed by atoms with Crippen LogP contribution in [-0.4, -0.2) is 99.2 Å². The molecule has 0 aromatic carbocycles. The summed E-state index contributed by atoms with van der Waals surface area (Å²) in [7, 11) is 0. The van der Waals surface area contributed by atoms with Crippen LogP contribution in [0.15, 0.2) is 12.2 Å². The van der Waals surface area contributed by atoms with Gasteiger partial charge in [0.05, 0.1) is 17.4 Å². The fraction of sp³-hybridized carbons (Fsp3) is 0.778. The second-order valence-corrected chi connectivity index (χ2v) is 12.2. The highest BCUT2D eigenvalue weighted by molar-refractivity contribution is 8.00. The van der Waals surface area contributed by atoms with E-state index in [4.69, 9.17) is 25.8 Å². The van der Waals surface area contributed by atoms with Crippen LogP contribution in [0.1, 0.15) is 46.0 Å². The fourth-order valence-corrected chi connectivity index (χ4v) is 7.06. The molecule has 0 aromatic heterocycles. The maximum Gasteiger partial charge on any atom is 0.290 e. The number of carboxylic acid groups (broad SMARTS) is 1. The second-order valence-electron chi connectivity index (χ2n) is 10.9. The highest BCUT2D eigenvalue weighted by Gasteiger charge is 2.49. The van der Waals surface area contributed by atoms with Crippen LogP contribution in [-0.2, 0) is 19.1 Å². The van der Waals surface area contributed by atoms with Gasteiger partial charge in [-0.05, 0) is 49.9 Å².